The smallest absolute Gasteiger partial charge is 0.345 e. The molecule has 0 fully saturated rings. The molecule has 12 heteroatoms. The Morgan fingerprint density at radius 2 is 1.77 bits per heavy atom. The molecule has 0 aliphatic rings. The Morgan fingerprint density at radius 1 is 1.09 bits per heavy atom. The van der Waals surface area contributed by atoms with Gasteiger partial charge in [0.1, 0.15) is 11.5 Å². The number of ketones is 1. The van der Waals surface area contributed by atoms with E-state index in [0.717, 1.165) is 11.6 Å². The molecule has 0 saturated heterocycles. The number of hydrogen-bond donors (Lipinski definition) is 2. The van der Waals surface area contributed by atoms with E-state index in [4.69, 9.17) is 0 Å². The van der Waals surface area contributed by atoms with E-state index in [1.807, 2.05) is 11.6 Å². The molecule has 0 saturated carbocycles. The van der Waals surface area contributed by atoms with E-state index < -0.39 is 55.3 Å². The summed E-state index contributed by atoms with van der Waals surface area (Å²) < 4.78 is 95.1. The highest BCUT2D eigenvalue weighted by Gasteiger charge is 2.31. The van der Waals surface area contributed by atoms with Crippen LogP contribution in [0.15, 0.2) is 59.8 Å². The molecular formula is C23H16F5N3O3S. The molecule has 2 aromatic heterocycles. The van der Waals surface area contributed by atoms with Crippen LogP contribution in [0.25, 0.3) is 11.0 Å². The Hall–Kier alpha value is -3.80. The highest BCUT2D eigenvalue weighted by molar-refractivity contribution is 7.92. The highest BCUT2D eigenvalue weighted by Crippen LogP contribution is 2.31. The maximum Gasteiger partial charge on any atom is 0.416 e. The number of nitrogens with zero attached hydrogens (tertiary/aromatic N) is 1. The summed E-state index contributed by atoms with van der Waals surface area (Å²) in [6, 6.07) is 5.64. The lowest BCUT2D eigenvalue weighted by molar-refractivity contribution is -0.137. The van der Waals surface area contributed by atoms with Crippen molar-refractivity contribution in [3.63, 3.8) is 0 Å². The van der Waals surface area contributed by atoms with Gasteiger partial charge in [-0.2, -0.15) is 13.2 Å². The maximum absolute atomic E-state index is 15.2. The van der Waals surface area contributed by atoms with E-state index in [1.54, 1.807) is 12.3 Å². The minimum Gasteiger partial charge on any atom is -0.345 e. The summed E-state index contributed by atoms with van der Waals surface area (Å²) in [4.78, 5) is 19.4. The third kappa shape index (κ3) is 4.61. The summed E-state index contributed by atoms with van der Waals surface area (Å²) in [7, 11) is -4.56. The van der Waals surface area contributed by atoms with Crippen LogP contribution in [-0.2, 0) is 22.6 Å². The Bertz CT molecular complexity index is 1550. The van der Waals surface area contributed by atoms with Gasteiger partial charge in [-0.15, -0.1) is 0 Å². The number of aromatic amines is 1. The number of aromatic nitrogens is 2. The van der Waals surface area contributed by atoms with Crippen LogP contribution in [0.2, 0.25) is 0 Å². The van der Waals surface area contributed by atoms with Crippen molar-refractivity contribution in [1.82, 2.24) is 9.97 Å². The van der Waals surface area contributed by atoms with Crippen LogP contribution in [0.1, 0.15) is 34.0 Å². The van der Waals surface area contributed by atoms with Gasteiger partial charge in [-0.25, -0.2) is 22.2 Å². The van der Waals surface area contributed by atoms with Crippen molar-refractivity contribution in [2.45, 2.75) is 24.4 Å². The molecule has 0 bridgehead atoms. The second kappa shape index (κ2) is 8.77. The molecule has 0 aliphatic carbocycles. The highest BCUT2D eigenvalue weighted by atomic mass is 32.2. The van der Waals surface area contributed by atoms with Gasteiger partial charge >= 0.3 is 6.18 Å². The second-order valence-corrected chi connectivity index (χ2v) is 9.22. The number of sulfonamides is 1. The van der Waals surface area contributed by atoms with Gasteiger partial charge in [0.2, 0.25) is 5.78 Å². The van der Waals surface area contributed by atoms with Crippen LogP contribution in [0, 0.1) is 11.6 Å². The predicted molar refractivity (Wildman–Crippen MR) is 118 cm³/mol. The van der Waals surface area contributed by atoms with E-state index in [1.165, 1.54) is 6.20 Å². The van der Waals surface area contributed by atoms with Gasteiger partial charge in [0.05, 0.1) is 21.7 Å². The number of rotatable bonds is 6. The lowest BCUT2D eigenvalue weighted by Crippen LogP contribution is -2.17. The second-order valence-electron chi connectivity index (χ2n) is 7.54. The number of pyridine rings is 1. The summed E-state index contributed by atoms with van der Waals surface area (Å²) in [5.41, 5.74) is -1.78. The third-order valence-electron chi connectivity index (χ3n) is 5.30. The van der Waals surface area contributed by atoms with E-state index in [2.05, 4.69) is 9.97 Å². The molecule has 2 N–H and O–H groups in total. The van der Waals surface area contributed by atoms with Crippen LogP contribution in [0.5, 0.6) is 0 Å². The first-order valence-electron chi connectivity index (χ1n) is 10.1. The Labute approximate surface area is 195 Å². The number of benzene rings is 2. The molecular weight excluding hydrogens is 493 g/mol. The molecule has 0 amide bonds. The van der Waals surface area contributed by atoms with Gasteiger partial charge in [-0.3, -0.25) is 9.52 Å². The summed E-state index contributed by atoms with van der Waals surface area (Å²) in [6.45, 7) is 1.86. The standard InChI is InChI=1S/C23H16F5N3O3S/c1-2-12-9-15-16(11-30-22(15)29-10-12)21(32)19-17(24)7-8-18(20(19)25)31-35(33,34)14-5-3-13(4-6-14)23(26,27)28/h3-11,31H,2H2,1H3,(H,29,30). The van der Waals surface area contributed by atoms with Crippen LogP contribution in [0.3, 0.4) is 0 Å². The number of aryl methyl sites for hydroxylation is 1. The molecule has 0 unspecified atom stereocenters. The van der Waals surface area contributed by atoms with Crippen LogP contribution in [0.4, 0.5) is 27.6 Å². The SMILES string of the molecule is CCc1cnc2[nH]cc(C(=O)c3c(F)ccc(NS(=O)(=O)c4ccc(C(F)(F)F)cc4)c3F)c2c1. The average molecular weight is 509 g/mol. The van der Waals surface area contributed by atoms with E-state index in [9.17, 15) is 30.8 Å². The Morgan fingerprint density at radius 3 is 2.40 bits per heavy atom. The van der Waals surface area contributed by atoms with Crippen molar-refractivity contribution < 1.29 is 35.2 Å². The number of alkyl halides is 3. The van der Waals surface area contributed by atoms with Crippen molar-refractivity contribution >= 4 is 32.5 Å². The zero-order chi connectivity index (χ0) is 25.5. The van der Waals surface area contributed by atoms with Crippen LogP contribution < -0.4 is 4.72 Å². The molecule has 0 aliphatic heterocycles. The van der Waals surface area contributed by atoms with Crippen molar-refractivity contribution in [2.24, 2.45) is 0 Å². The minimum absolute atomic E-state index is 0.0663. The van der Waals surface area contributed by atoms with E-state index in [0.29, 0.717) is 47.8 Å². The van der Waals surface area contributed by atoms with Crippen molar-refractivity contribution in [3.8, 4) is 0 Å². The number of halogens is 5. The molecule has 6 nitrogen and oxygen atoms in total. The van der Waals surface area contributed by atoms with Crippen molar-refractivity contribution in [2.75, 3.05) is 4.72 Å². The van der Waals surface area contributed by atoms with Crippen LogP contribution in [-0.4, -0.2) is 24.2 Å². The number of carbonyl (C=O) groups is 1. The molecule has 2 aromatic carbocycles. The maximum atomic E-state index is 15.2. The molecule has 35 heavy (non-hydrogen) atoms. The summed E-state index contributed by atoms with van der Waals surface area (Å²) in [5, 5.41) is 0.337. The molecule has 4 rings (SSSR count). The lowest BCUT2D eigenvalue weighted by Gasteiger charge is -2.13. The number of nitrogens with one attached hydrogen (secondary N) is 2. The number of fused-ring (bicyclic) bond motifs is 1. The van der Waals surface area contributed by atoms with Gasteiger partial charge in [-0.1, -0.05) is 6.92 Å². The molecule has 0 atom stereocenters. The Balaban J connectivity index is 1.71. The van der Waals surface area contributed by atoms with Gasteiger partial charge in [-0.05, 0) is 54.4 Å². The monoisotopic (exact) mass is 509 g/mol. The molecule has 0 spiro atoms. The Kier molecular flexibility index (Phi) is 6.09. The number of hydrogen-bond acceptors (Lipinski definition) is 4. The van der Waals surface area contributed by atoms with Crippen molar-refractivity contribution in [1.29, 1.82) is 0 Å². The summed E-state index contributed by atoms with van der Waals surface area (Å²) in [5.74, 6) is -3.74. The predicted octanol–water partition coefficient (Wildman–Crippen LogP) is 5.45. The third-order valence-corrected chi connectivity index (χ3v) is 6.68. The summed E-state index contributed by atoms with van der Waals surface area (Å²) in [6.07, 6.45) is -1.24. The van der Waals surface area contributed by atoms with E-state index in [-0.39, 0.29) is 5.56 Å². The first-order chi connectivity index (χ1) is 16.4. The quantitative estimate of drug-likeness (QED) is 0.267. The number of H-pyrrole nitrogens is 1. The average Bonchev–Trinajstić information content (AvgIpc) is 3.23. The molecule has 4 aromatic rings. The zero-order valence-corrected chi connectivity index (χ0v) is 18.7. The van der Waals surface area contributed by atoms with Gasteiger partial charge in [0.25, 0.3) is 10.0 Å². The number of carbonyl (C=O) groups excluding carboxylic acids is 1. The van der Waals surface area contributed by atoms with E-state index >= 15 is 4.39 Å². The van der Waals surface area contributed by atoms with Gasteiger partial charge in [0, 0.05) is 23.3 Å². The molecule has 2 heterocycles. The molecule has 0 radical (unpaired) electrons. The fraction of sp³-hybridized carbons (Fsp3) is 0.130. The van der Waals surface area contributed by atoms with Crippen molar-refractivity contribution in [3.05, 3.63) is 88.7 Å². The van der Waals surface area contributed by atoms with Gasteiger partial charge in [0.15, 0.2) is 5.82 Å². The first kappa shape index (κ1) is 24.3. The minimum atomic E-state index is -4.68. The topological polar surface area (TPSA) is 91.9 Å². The van der Waals surface area contributed by atoms with Gasteiger partial charge < -0.3 is 4.98 Å². The first-order valence-corrected chi connectivity index (χ1v) is 11.6. The normalized spacial score (nSPS) is 12.2. The number of anilines is 1. The molecule has 182 valence electrons. The fourth-order valence-electron chi connectivity index (χ4n) is 3.43. The lowest BCUT2D eigenvalue weighted by atomic mass is 10.0. The fourth-order valence-corrected chi connectivity index (χ4v) is 4.49. The zero-order valence-electron chi connectivity index (χ0n) is 17.9. The summed E-state index contributed by atoms with van der Waals surface area (Å²) >= 11 is 0. The van der Waals surface area contributed by atoms with Crippen LogP contribution >= 0.6 is 0 Å². The largest absolute Gasteiger partial charge is 0.416 e.